The summed E-state index contributed by atoms with van der Waals surface area (Å²) in [5.41, 5.74) is -0.367. The van der Waals surface area contributed by atoms with E-state index in [-0.39, 0.29) is 11.3 Å². The highest BCUT2D eigenvalue weighted by molar-refractivity contribution is 5.79. The number of hydrogen-bond donors (Lipinski definition) is 1. The Kier molecular flexibility index (Phi) is 3.76. The Balaban J connectivity index is 2.92. The zero-order valence-electron chi connectivity index (χ0n) is 10.5. The Morgan fingerprint density at radius 2 is 2.00 bits per heavy atom. The lowest BCUT2D eigenvalue weighted by molar-refractivity contribution is -0.156. The molecule has 0 saturated carbocycles. The van der Waals surface area contributed by atoms with Gasteiger partial charge in [0.15, 0.2) is 0 Å². The van der Waals surface area contributed by atoms with Crippen molar-refractivity contribution in [3.05, 3.63) is 29.6 Å². The maximum absolute atomic E-state index is 13.0. The van der Waals surface area contributed by atoms with Gasteiger partial charge in [0, 0.05) is 5.56 Å². The molecule has 0 aliphatic rings. The van der Waals surface area contributed by atoms with Gasteiger partial charge in [-0.25, -0.2) is 4.39 Å². The van der Waals surface area contributed by atoms with Crippen LogP contribution < -0.4 is 0 Å². The summed E-state index contributed by atoms with van der Waals surface area (Å²) >= 11 is 0. The molecule has 0 radical (unpaired) electrons. The summed E-state index contributed by atoms with van der Waals surface area (Å²) < 4.78 is 18.2. The van der Waals surface area contributed by atoms with E-state index in [4.69, 9.17) is 4.74 Å². The Hall–Kier alpha value is -1.58. The molecule has 1 aromatic carbocycles. The van der Waals surface area contributed by atoms with Crippen LogP contribution in [-0.4, -0.2) is 16.7 Å². The summed E-state index contributed by atoms with van der Waals surface area (Å²) in [7, 11) is 0. The molecule has 0 aromatic heterocycles. The second-order valence-electron chi connectivity index (χ2n) is 4.96. The quantitative estimate of drug-likeness (QED) is 0.808. The van der Waals surface area contributed by atoms with Crippen LogP contribution in [0.2, 0.25) is 0 Å². The van der Waals surface area contributed by atoms with Crippen molar-refractivity contribution in [3.63, 3.8) is 0 Å². The van der Waals surface area contributed by atoms with Gasteiger partial charge in [-0.15, -0.1) is 0 Å². The third kappa shape index (κ3) is 3.73. The average molecular weight is 240 g/mol. The molecule has 1 atom stereocenters. The third-order valence-electron chi connectivity index (χ3n) is 2.22. The summed E-state index contributed by atoms with van der Waals surface area (Å²) in [6.45, 7) is 6.83. The second kappa shape index (κ2) is 4.73. The largest absolute Gasteiger partial charge is 0.508 e. The number of phenols is 1. The van der Waals surface area contributed by atoms with Gasteiger partial charge >= 0.3 is 5.97 Å². The van der Waals surface area contributed by atoms with Crippen LogP contribution in [0.4, 0.5) is 4.39 Å². The van der Waals surface area contributed by atoms with Crippen LogP contribution >= 0.6 is 0 Å². The van der Waals surface area contributed by atoms with Crippen molar-refractivity contribution in [3.8, 4) is 5.75 Å². The van der Waals surface area contributed by atoms with E-state index in [0.717, 1.165) is 12.1 Å². The molecule has 0 amide bonds. The number of esters is 1. The highest BCUT2D eigenvalue weighted by Gasteiger charge is 2.25. The second-order valence-corrected chi connectivity index (χ2v) is 4.96. The maximum atomic E-state index is 13.0. The zero-order chi connectivity index (χ0) is 13.2. The van der Waals surface area contributed by atoms with E-state index in [2.05, 4.69) is 0 Å². The number of ether oxygens (including phenoxy) is 1. The normalized spacial score (nSPS) is 13.2. The number of hydrogen-bond acceptors (Lipinski definition) is 3. The lowest BCUT2D eigenvalue weighted by atomic mass is 10.00. The number of carbonyl (C=O) groups excluding carboxylic acids is 1. The van der Waals surface area contributed by atoms with Crippen LogP contribution in [0, 0.1) is 5.82 Å². The van der Waals surface area contributed by atoms with Crippen LogP contribution in [0.25, 0.3) is 0 Å². The van der Waals surface area contributed by atoms with E-state index >= 15 is 0 Å². The van der Waals surface area contributed by atoms with Gasteiger partial charge in [0.1, 0.15) is 17.2 Å². The molecular formula is C13H17FO3. The van der Waals surface area contributed by atoms with Crippen molar-refractivity contribution in [1.82, 2.24) is 0 Å². The van der Waals surface area contributed by atoms with E-state index in [9.17, 15) is 14.3 Å². The number of carbonyl (C=O) groups is 1. The van der Waals surface area contributed by atoms with E-state index in [1.807, 2.05) is 0 Å². The number of aromatic hydroxyl groups is 1. The molecule has 1 aromatic rings. The van der Waals surface area contributed by atoms with Crippen LogP contribution in [0.1, 0.15) is 39.2 Å². The average Bonchev–Trinajstić information content (AvgIpc) is 2.18. The minimum absolute atomic E-state index is 0.107. The molecule has 1 N–H and O–H groups in total. The molecular weight excluding hydrogens is 223 g/mol. The molecule has 0 aliphatic carbocycles. The first-order valence-electron chi connectivity index (χ1n) is 5.42. The van der Waals surface area contributed by atoms with Gasteiger partial charge in [0.25, 0.3) is 0 Å². The smallest absolute Gasteiger partial charge is 0.313 e. The fourth-order valence-corrected chi connectivity index (χ4v) is 1.39. The number of halogens is 1. The molecule has 0 aliphatic heterocycles. The van der Waals surface area contributed by atoms with Crippen molar-refractivity contribution in [2.75, 3.05) is 0 Å². The predicted molar refractivity (Wildman–Crippen MR) is 62.3 cm³/mol. The first kappa shape index (κ1) is 13.5. The van der Waals surface area contributed by atoms with Gasteiger partial charge in [0.05, 0.1) is 5.92 Å². The standard InChI is InChI=1S/C13H17FO3/c1-8(12(16)17-13(2,3)4)10-7-9(14)5-6-11(10)15/h5-8,15H,1-4H3. The molecule has 0 spiro atoms. The molecule has 3 nitrogen and oxygen atoms in total. The zero-order valence-corrected chi connectivity index (χ0v) is 10.5. The molecule has 94 valence electrons. The van der Waals surface area contributed by atoms with Gasteiger partial charge in [-0.2, -0.15) is 0 Å². The van der Waals surface area contributed by atoms with E-state index in [1.54, 1.807) is 27.7 Å². The van der Waals surface area contributed by atoms with Crippen molar-refractivity contribution >= 4 is 5.97 Å². The first-order valence-corrected chi connectivity index (χ1v) is 5.42. The van der Waals surface area contributed by atoms with Crippen molar-refractivity contribution in [1.29, 1.82) is 0 Å². The van der Waals surface area contributed by atoms with E-state index in [0.29, 0.717) is 0 Å². The number of benzene rings is 1. The maximum Gasteiger partial charge on any atom is 0.313 e. The SMILES string of the molecule is CC(C(=O)OC(C)(C)C)c1cc(F)ccc1O. The molecule has 1 unspecified atom stereocenters. The Morgan fingerprint density at radius 1 is 1.41 bits per heavy atom. The molecule has 4 heteroatoms. The van der Waals surface area contributed by atoms with E-state index in [1.165, 1.54) is 6.07 Å². The third-order valence-corrected chi connectivity index (χ3v) is 2.22. The lowest BCUT2D eigenvalue weighted by Crippen LogP contribution is -2.26. The van der Waals surface area contributed by atoms with Crippen molar-refractivity contribution < 1.29 is 19.0 Å². The number of rotatable bonds is 2. The van der Waals surface area contributed by atoms with E-state index < -0.39 is 23.3 Å². The molecule has 0 saturated heterocycles. The van der Waals surface area contributed by atoms with Crippen LogP contribution in [-0.2, 0) is 9.53 Å². The highest BCUT2D eigenvalue weighted by Crippen LogP contribution is 2.28. The van der Waals surface area contributed by atoms with Crippen molar-refractivity contribution in [2.24, 2.45) is 0 Å². The molecule has 1 rings (SSSR count). The fraction of sp³-hybridized carbons (Fsp3) is 0.462. The van der Waals surface area contributed by atoms with Gasteiger partial charge in [0.2, 0.25) is 0 Å². The summed E-state index contributed by atoms with van der Waals surface area (Å²) in [6.07, 6.45) is 0. The topological polar surface area (TPSA) is 46.5 Å². The first-order chi connectivity index (χ1) is 7.70. The summed E-state index contributed by atoms with van der Waals surface area (Å²) in [6, 6.07) is 3.51. The van der Waals surface area contributed by atoms with Gasteiger partial charge in [-0.1, -0.05) is 0 Å². The molecule has 0 fully saturated rings. The van der Waals surface area contributed by atoms with Gasteiger partial charge in [-0.05, 0) is 45.9 Å². The Morgan fingerprint density at radius 3 is 2.53 bits per heavy atom. The molecule has 0 bridgehead atoms. The summed E-state index contributed by atoms with van der Waals surface area (Å²) in [5, 5.41) is 9.58. The molecule has 0 heterocycles. The Bertz CT molecular complexity index is 421. The lowest BCUT2D eigenvalue weighted by Gasteiger charge is -2.22. The molecule has 17 heavy (non-hydrogen) atoms. The minimum Gasteiger partial charge on any atom is -0.508 e. The highest BCUT2D eigenvalue weighted by atomic mass is 19.1. The van der Waals surface area contributed by atoms with Crippen LogP contribution in [0.15, 0.2) is 18.2 Å². The summed E-state index contributed by atoms with van der Waals surface area (Å²) in [5.74, 6) is -1.79. The van der Waals surface area contributed by atoms with Gasteiger partial charge in [-0.3, -0.25) is 4.79 Å². The van der Waals surface area contributed by atoms with Crippen molar-refractivity contribution in [2.45, 2.75) is 39.2 Å². The predicted octanol–water partition coefficient (Wildman–Crippen LogP) is 2.98. The van der Waals surface area contributed by atoms with Crippen LogP contribution in [0.5, 0.6) is 5.75 Å². The fourth-order valence-electron chi connectivity index (χ4n) is 1.39. The minimum atomic E-state index is -0.704. The summed E-state index contributed by atoms with van der Waals surface area (Å²) in [4.78, 5) is 11.8. The number of phenolic OH excluding ortho intramolecular Hbond substituents is 1. The monoisotopic (exact) mass is 240 g/mol. The Labute approximate surface area is 100 Å². The van der Waals surface area contributed by atoms with Crippen LogP contribution in [0.3, 0.4) is 0 Å². The van der Waals surface area contributed by atoms with Gasteiger partial charge < -0.3 is 9.84 Å².